The Balaban J connectivity index is 1.58. The van der Waals surface area contributed by atoms with E-state index in [2.05, 4.69) is 51.6 Å². The van der Waals surface area contributed by atoms with Crippen molar-refractivity contribution in [2.24, 2.45) is 4.99 Å². The first-order chi connectivity index (χ1) is 14.7. The van der Waals surface area contributed by atoms with E-state index in [4.69, 9.17) is 9.73 Å². The van der Waals surface area contributed by atoms with Gasteiger partial charge in [-0.3, -0.25) is 4.79 Å². The number of carbonyl (C=O) groups excluding carboxylic acids is 1. The van der Waals surface area contributed by atoms with Crippen LogP contribution in [0.1, 0.15) is 30.4 Å². The van der Waals surface area contributed by atoms with Gasteiger partial charge in [0.2, 0.25) is 5.91 Å². The fraction of sp³-hybridized carbons (Fsp3) is 0.391. The highest BCUT2D eigenvalue weighted by Crippen LogP contribution is 2.31. The standard InChI is InChI=1S/C23H31N5O2/c1-3-24-23(26-15-17-8-10-19(11-9-17)25-12-13-30-2)27-16-18-14-22(29)28-21-7-5-4-6-20(18)21/h4-11,18,25H,3,12-16H2,1-2H3,(H,28,29)(H2,24,26,27). The summed E-state index contributed by atoms with van der Waals surface area (Å²) in [6.45, 7) is 5.51. The Morgan fingerprint density at radius 1 is 1.17 bits per heavy atom. The predicted octanol–water partition coefficient (Wildman–Crippen LogP) is 2.93. The van der Waals surface area contributed by atoms with Gasteiger partial charge in [0.15, 0.2) is 5.96 Å². The average molecular weight is 410 g/mol. The van der Waals surface area contributed by atoms with E-state index in [1.807, 2.05) is 25.1 Å². The van der Waals surface area contributed by atoms with Gasteiger partial charge in [0, 0.05) is 50.5 Å². The van der Waals surface area contributed by atoms with Crippen LogP contribution in [0.15, 0.2) is 53.5 Å². The first-order valence-corrected chi connectivity index (χ1v) is 10.4. The van der Waals surface area contributed by atoms with Crippen LogP contribution in [0.25, 0.3) is 0 Å². The molecule has 0 fully saturated rings. The maximum Gasteiger partial charge on any atom is 0.225 e. The van der Waals surface area contributed by atoms with Crippen molar-refractivity contribution in [3.8, 4) is 0 Å². The molecule has 4 N–H and O–H groups in total. The minimum Gasteiger partial charge on any atom is -0.383 e. The minimum absolute atomic E-state index is 0.0571. The van der Waals surface area contributed by atoms with Crippen LogP contribution in [-0.4, -0.2) is 45.2 Å². The molecular formula is C23H31N5O2. The highest BCUT2D eigenvalue weighted by Gasteiger charge is 2.24. The summed E-state index contributed by atoms with van der Waals surface area (Å²) in [7, 11) is 1.69. The third kappa shape index (κ3) is 6.22. The van der Waals surface area contributed by atoms with E-state index in [1.54, 1.807) is 7.11 Å². The molecule has 0 bridgehead atoms. The van der Waals surface area contributed by atoms with Crippen molar-refractivity contribution in [1.29, 1.82) is 0 Å². The van der Waals surface area contributed by atoms with Crippen molar-refractivity contribution in [3.05, 3.63) is 59.7 Å². The van der Waals surface area contributed by atoms with Crippen molar-refractivity contribution >= 4 is 23.2 Å². The predicted molar refractivity (Wildman–Crippen MR) is 122 cm³/mol. The molecule has 3 rings (SSSR count). The molecule has 2 aromatic rings. The zero-order chi connectivity index (χ0) is 21.2. The Bertz CT molecular complexity index is 851. The molecule has 1 aliphatic rings. The van der Waals surface area contributed by atoms with Gasteiger partial charge in [0.1, 0.15) is 0 Å². The van der Waals surface area contributed by atoms with E-state index in [0.717, 1.165) is 41.6 Å². The lowest BCUT2D eigenvalue weighted by Crippen LogP contribution is -2.40. The van der Waals surface area contributed by atoms with Gasteiger partial charge >= 0.3 is 0 Å². The van der Waals surface area contributed by atoms with E-state index in [-0.39, 0.29) is 11.8 Å². The molecule has 2 aromatic carbocycles. The van der Waals surface area contributed by atoms with Crippen LogP contribution in [0.4, 0.5) is 11.4 Å². The number of aliphatic imine (C=N–C) groups is 1. The lowest BCUT2D eigenvalue weighted by molar-refractivity contribution is -0.116. The number of nitrogens with one attached hydrogen (secondary N) is 4. The summed E-state index contributed by atoms with van der Waals surface area (Å²) in [5.41, 5.74) is 4.27. The molecule has 0 aliphatic carbocycles. The number of hydrogen-bond donors (Lipinski definition) is 4. The molecule has 0 aromatic heterocycles. The lowest BCUT2D eigenvalue weighted by atomic mass is 9.90. The van der Waals surface area contributed by atoms with E-state index in [9.17, 15) is 4.79 Å². The first kappa shape index (κ1) is 21.6. The maximum atomic E-state index is 12.0. The summed E-state index contributed by atoms with van der Waals surface area (Å²) in [6, 6.07) is 16.2. The quantitative estimate of drug-likeness (QED) is 0.291. The number of anilines is 2. The van der Waals surface area contributed by atoms with E-state index in [0.29, 0.717) is 26.1 Å². The molecule has 1 unspecified atom stereocenters. The number of guanidine groups is 1. The number of rotatable bonds is 9. The van der Waals surface area contributed by atoms with Crippen molar-refractivity contribution in [3.63, 3.8) is 0 Å². The molecule has 1 aliphatic heterocycles. The fourth-order valence-corrected chi connectivity index (χ4v) is 3.44. The van der Waals surface area contributed by atoms with Crippen LogP contribution in [0.5, 0.6) is 0 Å². The van der Waals surface area contributed by atoms with Gasteiger partial charge in [-0.05, 0) is 36.2 Å². The van der Waals surface area contributed by atoms with Crippen LogP contribution in [0.2, 0.25) is 0 Å². The molecule has 0 saturated heterocycles. The van der Waals surface area contributed by atoms with Gasteiger partial charge in [0.25, 0.3) is 0 Å². The second kappa shape index (κ2) is 11.2. The smallest absolute Gasteiger partial charge is 0.225 e. The molecule has 7 heteroatoms. The number of nitrogens with zero attached hydrogens (tertiary/aromatic N) is 1. The molecule has 1 heterocycles. The highest BCUT2D eigenvalue weighted by molar-refractivity contribution is 5.94. The van der Waals surface area contributed by atoms with Crippen LogP contribution < -0.4 is 21.3 Å². The number of fused-ring (bicyclic) bond motifs is 1. The normalized spacial score (nSPS) is 15.9. The van der Waals surface area contributed by atoms with Crippen molar-refractivity contribution in [2.45, 2.75) is 25.8 Å². The lowest BCUT2D eigenvalue weighted by Gasteiger charge is -2.26. The Labute approximate surface area is 178 Å². The van der Waals surface area contributed by atoms with Gasteiger partial charge in [-0.2, -0.15) is 0 Å². The second-order valence-corrected chi connectivity index (χ2v) is 7.23. The number of hydrogen-bond acceptors (Lipinski definition) is 4. The molecule has 0 radical (unpaired) electrons. The Kier molecular flexibility index (Phi) is 8.09. The molecule has 0 spiro atoms. The summed E-state index contributed by atoms with van der Waals surface area (Å²) >= 11 is 0. The topological polar surface area (TPSA) is 86.8 Å². The highest BCUT2D eigenvalue weighted by atomic mass is 16.5. The molecule has 160 valence electrons. The third-order valence-corrected chi connectivity index (χ3v) is 4.98. The summed E-state index contributed by atoms with van der Waals surface area (Å²) in [6.07, 6.45) is 0.473. The zero-order valence-electron chi connectivity index (χ0n) is 17.7. The SMILES string of the molecule is CCNC(=NCc1ccc(NCCOC)cc1)NCC1CC(=O)Nc2ccccc21. The van der Waals surface area contributed by atoms with Crippen LogP contribution in [0.3, 0.4) is 0 Å². The van der Waals surface area contributed by atoms with E-state index in [1.165, 1.54) is 0 Å². The molecule has 30 heavy (non-hydrogen) atoms. The fourth-order valence-electron chi connectivity index (χ4n) is 3.44. The number of methoxy groups -OCH3 is 1. The van der Waals surface area contributed by atoms with Crippen LogP contribution >= 0.6 is 0 Å². The van der Waals surface area contributed by atoms with Gasteiger partial charge < -0.3 is 26.0 Å². The molecule has 1 atom stereocenters. The van der Waals surface area contributed by atoms with Crippen molar-refractivity contribution < 1.29 is 9.53 Å². The Morgan fingerprint density at radius 2 is 1.97 bits per heavy atom. The van der Waals surface area contributed by atoms with Crippen molar-refractivity contribution in [2.75, 3.05) is 44.0 Å². The second-order valence-electron chi connectivity index (χ2n) is 7.23. The van der Waals surface area contributed by atoms with Gasteiger partial charge in [-0.25, -0.2) is 4.99 Å². The van der Waals surface area contributed by atoms with E-state index < -0.39 is 0 Å². The van der Waals surface area contributed by atoms with Gasteiger partial charge in [-0.1, -0.05) is 30.3 Å². The molecule has 7 nitrogen and oxygen atoms in total. The maximum absolute atomic E-state index is 12.0. The summed E-state index contributed by atoms with van der Waals surface area (Å²) in [5.74, 6) is 0.932. The summed E-state index contributed by atoms with van der Waals surface area (Å²) < 4.78 is 5.05. The summed E-state index contributed by atoms with van der Waals surface area (Å²) in [5, 5.41) is 12.9. The Morgan fingerprint density at radius 3 is 2.73 bits per heavy atom. The van der Waals surface area contributed by atoms with E-state index >= 15 is 0 Å². The minimum atomic E-state index is 0.0571. The number of para-hydroxylation sites is 1. The largest absolute Gasteiger partial charge is 0.383 e. The van der Waals surface area contributed by atoms with Gasteiger partial charge in [0.05, 0.1) is 13.2 Å². The number of benzene rings is 2. The summed E-state index contributed by atoms with van der Waals surface area (Å²) in [4.78, 5) is 16.7. The van der Waals surface area contributed by atoms with Crippen LogP contribution in [-0.2, 0) is 16.1 Å². The monoisotopic (exact) mass is 409 g/mol. The van der Waals surface area contributed by atoms with Crippen molar-refractivity contribution in [1.82, 2.24) is 10.6 Å². The molecule has 1 amide bonds. The average Bonchev–Trinajstić information content (AvgIpc) is 2.76. The zero-order valence-corrected chi connectivity index (χ0v) is 17.7. The molecule has 0 saturated carbocycles. The Hall–Kier alpha value is -3.06. The number of amides is 1. The van der Waals surface area contributed by atoms with Gasteiger partial charge in [-0.15, -0.1) is 0 Å². The van der Waals surface area contributed by atoms with Crippen LogP contribution in [0, 0.1) is 0 Å². The number of ether oxygens (including phenoxy) is 1. The first-order valence-electron chi connectivity index (χ1n) is 10.4. The molecular weight excluding hydrogens is 378 g/mol. The third-order valence-electron chi connectivity index (χ3n) is 4.98. The number of carbonyl (C=O) groups is 1.